The van der Waals surface area contributed by atoms with Crippen molar-refractivity contribution in [2.24, 2.45) is 11.8 Å². The Labute approximate surface area is 85.9 Å². The molecule has 0 spiro atoms. The van der Waals surface area contributed by atoms with Gasteiger partial charge in [0.25, 0.3) is 5.92 Å². The zero-order chi connectivity index (χ0) is 11.8. The molecule has 0 aromatic rings. The summed E-state index contributed by atoms with van der Waals surface area (Å²) < 4.78 is 25.6. The van der Waals surface area contributed by atoms with Crippen LogP contribution in [-0.4, -0.2) is 40.9 Å². The molecule has 4 nitrogen and oxygen atoms in total. The van der Waals surface area contributed by atoms with Gasteiger partial charge in [0.15, 0.2) is 0 Å². The third kappa shape index (κ3) is 2.14. The topological polar surface area (TPSA) is 57.6 Å². The molecule has 1 aliphatic heterocycles. The van der Waals surface area contributed by atoms with Crippen molar-refractivity contribution in [2.45, 2.75) is 19.8 Å². The number of aliphatic hydroxyl groups is 1. The molecule has 0 aromatic heterocycles. The third-order valence-corrected chi connectivity index (χ3v) is 2.68. The first-order valence-electron chi connectivity index (χ1n) is 4.64. The number of carbonyl (C=O) groups is 2. The average molecular weight is 221 g/mol. The molecule has 2 atom stereocenters. The lowest BCUT2D eigenvalue weighted by atomic mass is 10.00. The highest BCUT2D eigenvalue weighted by Crippen LogP contribution is 2.27. The second-order valence-corrected chi connectivity index (χ2v) is 3.85. The molecule has 1 saturated heterocycles. The quantitative estimate of drug-likeness (QED) is 0.695. The normalized spacial score (nSPS) is 27.7. The molecule has 2 amide bonds. The van der Waals surface area contributed by atoms with Crippen molar-refractivity contribution in [3.8, 4) is 0 Å². The first-order valence-corrected chi connectivity index (χ1v) is 4.64. The van der Waals surface area contributed by atoms with Gasteiger partial charge in [-0.25, -0.2) is 8.78 Å². The van der Waals surface area contributed by atoms with E-state index in [4.69, 9.17) is 5.11 Å². The van der Waals surface area contributed by atoms with Crippen LogP contribution < -0.4 is 0 Å². The van der Waals surface area contributed by atoms with Gasteiger partial charge in [0.05, 0.1) is 6.54 Å². The minimum atomic E-state index is -3.42. The number of carbonyl (C=O) groups excluding carboxylic acids is 2. The fourth-order valence-electron chi connectivity index (χ4n) is 1.47. The van der Waals surface area contributed by atoms with Gasteiger partial charge in [0.2, 0.25) is 11.8 Å². The Hall–Kier alpha value is -1.04. The van der Waals surface area contributed by atoms with Gasteiger partial charge in [-0.15, -0.1) is 0 Å². The SMILES string of the molecule is CC1C(=O)N(CC(F)(F)CO)C(=O)C1C. The Kier molecular flexibility index (Phi) is 3.08. The Morgan fingerprint density at radius 2 is 1.67 bits per heavy atom. The van der Waals surface area contributed by atoms with Crippen LogP contribution in [0.1, 0.15) is 13.8 Å². The molecular weight excluding hydrogens is 208 g/mol. The van der Waals surface area contributed by atoms with Crippen molar-refractivity contribution in [3.63, 3.8) is 0 Å². The second kappa shape index (κ2) is 3.84. The van der Waals surface area contributed by atoms with Gasteiger partial charge >= 0.3 is 0 Å². The molecule has 0 radical (unpaired) electrons. The van der Waals surface area contributed by atoms with Crippen LogP contribution in [0, 0.1) is 11.8 Å². The second-order valence-electron chi connectivity index (χ2n) is 3.85. The lowest BCUT2D eigenvalue weighted by Gasteiger charge is -2.20. The van der Waals surface area contributed by atoms with E-state index >= 15 is 0 Å². The van der Waals surface area contributed by atoms with Crippen LogP contribution in [0.2, 0.25) is 0 Å². The molecule has 6 heteroatoms. The molecule has 2 unspecified atom stereocenters. The summed E-state index contributed by atoms with van der Waals surface area (Å²) in [6, 6.07) is 0. The van der Waals surface area contributed by atoms with Gasteiger partial charge in [-0.05, 0) is 0 Å². The van der Waals surface area contributed by atoms with Crippen molar-refractivity contribution in [1.82, 2.24) is 4.90 Å². The summed E-state index contributed by atoms with van der Waals surface area (Å²) in [6.45, 7) is 0.659. The molecule has 1 heterocycles. The van der Waals surface area contributed by atoms with Crippen molar-refractivity contribution in [1.29, 1.82) is 0 Å². The molecule has 0 saturated carbocycles. The molecule has 1 fully saturated rings. The number of amides is 2. The van der Waals surface area contributed by atoms with Gasteiger partial charge in [-0.1, -0.05) is 13.8 Å². The molecule has 1 N–H and O–H groups in total. The summed E-state index contributed by atoms with van der Waals surface area (Å²) in [6.07, 6.45) is 0. The number of halogens is 2. The van der Waals surface area contributed by atoms with E-state index < -0.39 is 42.7 Å². The predicted octanol–water partition coefficient (Wildman–Crippen LogP) is 0.255. The molecule has 0 bridgehead atoms. The van der Waals surface area contributed by atoms with E-state index in [0.717, 1.165) is 0 Å². The predicted molar refractivity (Wildman–Crippen MR) is 47.1 cm³/mol. The number of likely N-dealkylation sites (tertiary alicyclic amines) is 1. The summed E-state index contributed by atoms with van der Waals surface area (Å²) in [5.41, 5.74) is 0. The lowest BCUT2D eigenvalue weighted by molar-refractivity contribution is -0.148. The Morgan fingerprint density at radius 3 is 2.00 bits per heavy atom. The van der Waals surface area contributed by atoms with Gasteiger partial charge in [-0.3, -0.25) is 14.5 Å². The fourth-order valence-corrected chi connectivity index (χ4v) is 1.47. The molecule has 0 aliphatic carbocycles. The molecule has 1 aliphatic rings. The van der Waals surface area contributed by atoms with E-state index in [1.165, 1.54) is 13.8 Å². The Balaban J connectivity index is 2.80. The standard InChI is InChI=1S/C9H13F2NO3/c1-5-6(2)8(15)12(7(5)14)3-9(10,11)4-13/h5-6,13H,3-4H2,1-2H3. The largest absolute Gasteiger partial charge is 0.390 e. The van der Waals surface area contributed by atoms with Crippen molar-refractivity contribution < 1.29 is 23.5 Å². The summed E-state index contributed by atoms with van der Waals surface area (Å²) in [4.78, 5) is 23.4. The average Bonchev–Trinajstić information content (AvgIpc) is 2.36. The van der Waals surface area contributed by atoms with Crippen LogP contribution in [0.25, 0.3) is 0 Å². The number of alkyl halides is 2. The summed E-state index contributed by atoms with van der Waals surface area (Å²) in [5, 5.41) is 8.36. The smallest absolute Gasteiger partial charge is 0.288 e. The highest BCUT2D eigenvalue weighted by Gasteiger charge is 2.46. The van der Waals surface area contributed by atoms with Crippen LogP contribution in [0.15, 0.2) is 0 Å². The fraction of sp³-hybridized carbons (Fsp3) is 0.778. The van der Waals surface area contributed by atoms with Gasteiger partial charge in [0, 0.05) is 11.8 Å². The molecule has 0 aromatic carbocycles. The van der Waals surface area contributed by atoms with E-state index in [9.17, 15) is 18.4 Å². The van der Waals surface area contributed by atoms with Gasteiger partial charge in [0.1, 0.15) is 6.61 Å². The molecule has 1 rings (SSSR count). The van der Waals surface area contributed by atoms with E-state index in [1.54, 1.807) is 0 Å². The summed E-state index contributed by atoms with van der Waals surface area (Å²) in [5.74, 6) is -5.74. The number of aliphatic hydroxyl groups excluding tert-OH is 1. The van der Waals surface area contributed by atoms with Gasteiger partial charge in [-0.2, -0.15) is 0 Å². The molecule has 15 heavy (non-hydrogen) atoms. The monoisotopic (exact) mass is 221 g/mol. The zero-order valence-electron chi connectivity index (χ0n) is 8.54. The first kappa shape index (κ1) is 12.0. The van der Waals surface area contributed by atoms with Crippen LogP contribution in [0.4, 0.5) is 8.78 Å². The molecular formula is C9H13F2NO3. The number of imide groups is 1. The third-order valence-electron chi connectivity index (χ3n) is 2.68. The van der Waals surface area contributed by atoms with Crippen LogP contribution >= 0.6 is 0 Å². The van der Waals surface area contributed by atoms with Gasteiger partial charge < -0.3 is 5.11 Å². The van der Waals surface area contributed by atoms with E-state index in [0.29, 0.717) is 4.90 Å². The van der Waals surface area contributed by atoms with E-state index in [1.807, 2.05) is 0 Å². The number of rotatable bonds is 3. The zero-order valence-corrected chi connectivity index (χ0v) is 8.54. The maximum atomic E-state index is 12.8. The minimum Gasteiger partial charge on any atom is -0.390 e. The van der Waals surface area contributed by atoms with Crippen molar-refractivity contribution in [2.75, 3.05) is 13.2 Å². The minimum absolute atomic E-state index is 0.533. The van der Waals surface area contributed by atoms with E-state index in [2.05, 4.69) is 0 Å². The van der Waals surface area contributed by atoms with Crippen molar-refractivity contribution in [3.05, 3.63) is 0 Å². The first-order chi connectivity index (χ1) is 6.80. The highest BCUT2D eigenvalue weighted by molar-refractivity contribution is 6.04. The maximum absolute atomic E-state index is 12.8. The lowest BCUT2D eigenvalue weighted by Crippen LogP contribution is -2.42. The van der Waals surface area contributed by atoms with Crippen LogP contribution in [0.5, 0.6) is 0 Å². The number of nitrogens with zero attached hydrogens (tertiary/aromatic N) is 1. The number of hydrogen-bond donors (Lipinski definition) is 1. The Morgan fingerprint density at radius 1 is 1.27 bits per heavy atom. The summed E-state index contributed by atoms with van der Waals surface area (Å²) in [7, 11) is 0. The molecule has 86 valence electrons. The van der Waals surface area contributed by atoms with Crippen molar-refractivity contribution >= 4 is 11.8 Å². The van der Waals surface area contributed by atoms with E-state index in [-0.39, 0.29) is 0 Å². The van der Waals surface area contributed by atoms with Crippen LogP contribution in [-0.2, 0) is 9.59 Å². The Bertz CT molecular complexity index is 273. The number of hydrogen-bond acceptors (Lipinski definition) is 3. The van der Waals surface area contributed by atoms with Crippen LogP contribution in [0.3, 0.4) is 0 Å². The maximum Gasteiger partial charge on any atom is 0.288 e. The highest BCUT2D eigenvalue weighted by atomic mass is 19.3. The summed E-state index contributed by atoms with van der Waals surface area (Å²) >= 11 is 0.